The zero-order valence-corrected chi connectivity index (χ0v) is 20.4. The van der Waals surface area contributed by atoms with Gasteiger partial charge in [-0.2, -0.15) is 0 Å². The summed E-state index contributed by atoms with van der Waals surface area (Å²) >= 11 is 0. The third-order valence-corrected chi connectivity index (χ3v) is 5.58. The second-order valence-corrected chi connectivity index (χ2v) is 7.94. The summed E-state index contributed by atoms with van der Waals surface area (Å²) in [5.41, 5.74) is 1.83. The SMILES string of the molecule is CCOC(=O)c1cc2ccc(Oc3ccc(N(C)C(=O)c4ccc([N+](=O)[O-])cc4)cn3)cc2n1COC. The zero-order chi connectivity index (χ0) is 26.5. The Balaban J connectivity index is 1.51. The number of benzene rings is 2. The third-order valence-electron chi connectivity index (χ3n) is 5.58. The van der Waals surface area contributed by atoms with E-state index in [0.717, 1.165) is 10.9 Å². The van der Waals surface area contributed by atoms with Gasteiger partial charge in [-0.3, -0.25) is 14.9 Å². The normalized spacial score (nSPS) is 10.8. The van der Waals surface area contributed by atoms with E-state index in [1.165, 1.54) is 42.5 Å². The van der Waals surface area contributed by atoms with Crippen LogP contribution in [0.15, 0.2) is 66.9 Å². The molecule has 1 amide bonds. The first-order chi connectivity index (χ1) is 17.8. The number of nitro benzene ring substituents is 1. The number of carbonyl (C=O) groups is 2. The van der Waals surface area contributed by atoms with Crippen LogP contribution in [0.25, 0.3) is 10.9 Å². The van der Waals surface area contributed by atoms with E-state index < -0.39 is 10.9 Å². The summed E-state index contributed by atoms with van der Waals surface area (Å²) in [6.45, 7) is 2.16. The number of nitrogens with zero attached hydrogens (tertiary/aromatic N) is 4. The summed E-state index contributed by atoms with van der Waals surface area (Å²) in [4.78, 5) is 41.1. The molecule has 2 aromatic heterocycles. The van der Waals surface area contributed by atoms with Crippen LogP contribution in [0.5, 0.6) is 11.6 Å². The number of hydrogen-bond acceptors (Lipinski definition) is 8. The maximum Gasteiger partial charge on any atom is 0.355 e. The summed E-state index contributed by atoms with van der Waals surface area (Å²) in [6, 6.07) is 15.8. The first-order valence-corrected chi connectivity index (χ1v) is 11.3. The highest BCUT2D eigenvalue weighted by Gasteiger charge is 2.18. The predicted molar refractivity (Wildman–Crippen MR) is 135 cm³/mol. The number of nitro groups is 1. The first kappa shape index (κ1) is 25.3. The van der Waals surface area contributed by atoms with Crippen LogP contribution >= 0.6 is 0 Å². The van der Waals surface area contributed by atoms with Crippen molar-refractivity contribution in [3.8, 4) is 11.6 Å². The molecule has 0 spiro atoms. The van der Waals surface area contributed by atoms with E-state index in [1.807, 2.05) is 6.07 Å². The minimum absolute atomic E-state index is 0.0906. The average molecular weight is 504 g/mol. The lowest BCUT2D eigenvalue weighted by atomic mass is 10.2. The highest BCUT2D eigenvalue weighted by Crippen LogP contribution is 2.29. The molecule has 2 aromatic carbocycles. The molecule has 0 unspecified atom stereocenters. The maximum atomic E-state index is 12.8. The van der Waals surface area contributed by atoms with Gasteiger partial charge >= 0.3 is 5.97 Å². The highest BCUT2D eigenvalue weighted by molar-refractivity contribution is 6.05. The average Bonchev–Trinajstić information content (AvgIpc) is 3.26. The van der Waals surface area contributed by atoms with E-state index in [1.54, 1.807) is 48.9 Å². The van der Waals surface area contributed by atoms with Gasteiger partial charge in [0, 0.05) is 49.4 Å². The molecule has 0 saturated carbocycles. The first-order valence-electron chi connectivity index (χ1n) is 11.3. The van der Waals surface area contributed by atoms with E-state index in [4.69, 9.17) is 14.2 Å². The molecular formula is C26H24N4O7. The van der Waals surface area contributed by atoms with Crippen molar-refractivity contribution in [2.45, 2.75) is 13.7 Å². The van der Waals surface area contributed by atoms with Crippen LogP contribution in [0, 0.1) is 10.1 Å². The fourth-order valence-electron chi connectivity index (χ4n) is 3.73. The van der Waals surface area contributed by atoms with Gasteiger partial charge in [0.2, 0.25) is 5.88 Å². The molecule has 4 rings (SSSR count). The molecule has 11 heteroatoms. The molecule has 0 saturated heterocycles. The summed E-state index contributed by atoms with van der Waals surface area (Å²) in [5.74, 6) is 0.0127. The number of ether oxygens (including phenoxy) is 3. The second-order valence-electron chi connectivity index (χ2n) is 7.94. The van der Waals surface area contributed by atoms with Crippen molar-refractivity contribution >= 4 is 34.2 Å². The van der Waals surface area contributed by atoms with Gasteiger partial charge in [0.05, 0.1) is 28.9 Å². The number of hydrogen-bond donors (Lipinski definition) is 0. The number of fused-ring (bicyclic) bond motifs is 1. The van der Waals surface area contributed by atoms with Crippen molar-refractivity contribution in [1.29, 1.82) is 0 Å². The van der Waals surface area contributed by atoms with Crippen molar-refractivity contribution in [3.05, 3.63) is 88.2 Å². The molecule has 2 heterocycles. The Kier molecular flexibility index (Phi) is 7.44. The van der Waals surface area contributed by atoms with E-state index in [-0.39, 0.29) is 24.9 Å². The number of aromatic nitrogens is 2. The Labute approximate surface area is 211 Å². The van der Waals surface area contributed by atoms with Gasteiger partial charge in [-0.15, -0.1) is 0 Å². The number of anilines is 1. The smallest absolute Gasteiger partial charge is 0.355 e. The third kappa shape index (κ3) is 5.41. The summed E-state index contributed by atoms with van der Waals surface area (Å²) in [5, 5.41) is 11.6. The van der Waals surface area contributed by atoms with E-state index >= 15 is 0 Å². The Morgan fingerprint density at radius 3 is 2.46 bits per heavy atom. The molecule has 0 radical (unpaired) electrons. The van der Waals surface area contributed by atoms with Gasteiger partial charge in [0.15, 0.2) is 0 Å². The molecular weight excluding hydrogens is 480 g/mol. The Hall–Kier alpha value is -4.77. The van der Waals surface area contributed by atoms with E-state index in [9.17, 15) is 19.7 Å². The molecule has 0 fully saturated rings. The number of amides is 1. The molecule has 0 atom stereocenters. The molecule has 190 valence electrons. The maximum absolute atomic E-state index is 12.8. The molecule has 0 aliphatic carbocycles. The van der Waals surface area contributed by atoms with Crippen molar-refractivity contribution in [1.82, 2.24) is 9.55 Å². The fourth-order valence-corrected chi connectivity index (χ4v) is 3.73. The van der Waals surface area contributed by atoms with Crippen LogP contribution in [0.3, 0.4) is 0 Å². The van der Waals surface area contributed by atoms with Gasteiger partial charge in [0.1, 0.15) is 18.2 Å². The molecule has 0 aliphatic rings. The predicted octanol–water partition coefficient (Wildman–Crippen LogP) is 4.79. The van der Waals surface area contributed by atoms with Crippen LogP contribution in [-0.2, 0) is 16.2 Å². The van der Waals surface area contributed by atoms with Gasteiger partial charge in [-0.1, -0.05) is 0 Å². The van der Waals surface area contributed by atoms with Crippen LogP contribution in [-0.4, -0.2) is 47.1 Å². The summed E-state index contributed by atoms with van der Waals surface area (Å²) in [7, 11) is 3.12. The van der Waals surface area contributed by atoms with Crippen molar-refractivity contribution in [3.63, 3.8) is 0 Å². The van der Waals surface area contributed by atoms with Crippen LogP contribution in [0.2, 0.25) is 0 Å². The summed E-state index contributed by atoms with van der Waals surface area (Å²) in [6.07, 6.45) is 1.49. The molecule has 37 heavy (non-hydrogen) atoms. The lowest BCUT2D eigenvalue weighted by Crippen LogP contribution is -2.26. The van der Waals surface area contributed by atoms with Gasteiger partial charge in [-0.25, -0.2) is 9.78 Å². The minimum atomic E-state index is -0.521. The van der Waals surface area contributed by atoms with Gasteiger partial charge in [-0.05, 0) is 43.3 Å². The standard InChI is InChI=1S/C26H24N4O7/c1-4-36-26(32)23-13-18-7-11-21(14-22(18)29(23)16-35-3)37-24-12-10-20(15-27-24)28(2)25(31)17-5-8-19(9-6-17)30(33)34/h5-15H,4,16H2,1-3H3. The van der Waals surface area contributed by atoms with Crippen LogP contribution < -0.4 is 9.64 Å². The largest absolute Gasteiger partial charge is 0.461 e. The Bertz CT molecular complexity index is 1450. The molecule has 4 aromatic rings. The van der Waals surface area contributed by atoms with Gasteiger partial charge in [0.25, 0.3) is 11.6 Å². The lowest BCUT2D eigenvalue weighted by Gasteiger charge is -2.17. The second kappa shape index (κ2) is 10.9. The van der Waals surface area contributed by atoms with Crippen molar-refractivity contribution in [2.24, 2.45) is 0 Å². The highest BCUT2D eigenvalue weighted by atomic mass is 16.6. The Morgan fingerprint density at radius 1 is 1.08 bits per heavy atom. The number of methoxy groups -OCH3 is 1. The quantitative estimate of drug-likeness (QED) is 0.181. The number of rotatable bonds is 9. The number of esters is 1. The topological polar surface area (TPSA) is 126 Å². The van der Waals surface area contributed by atoms with E-state index in [2.05, 4.69) is 4.98 Å². The molecule has 0 N–H and O–H groups in total. The number of non-ortho nitro benzene ring substituents is 1. The van der Waals surface area contributed by atoms with Crippen LogP contribution in [0.1, 0.15) is 27.8 Å². The minimum Gasteiger partial charge on any atom is -0.461 e. The lowest BCUT2D eigenvalue weighted by molar-refractivity contribution is -0.384. The monoisotopic (exact) mass is 504 g/mol. The van der Waals surface area contributed by atoms with Crippen LogP contribution in [0.4, 0.5) is 11.4 Å². The number of carbonyl (C=O) groups excluding carboxylic acids is 2. The van der Waals surface area contributed by atoms with E-state index in [0.29, 0.717) is 28.6 Å². The summed E-state index contributed by atoms with van der Waals surface area (Å²) < 4.78 is 18.0. The molecule has 0 bridgehead atoms. The fraction of sp³-hybridized carbons (Fsp3) is 0.192. The number of pyridine rings is 1. The van der Waals surface area contributed by atoms with Gasteiger partial charge < -0.3 is 23.7 Å². The Morgan fingerprint density at radius 2 is 1.84 bits per heavy atom. The molecule has 11 nitrogen and oxygen atoms in total. The van der Waals surface area contributed by atoms with Crippen molar-refractivity contribution < 1.29 is 28.7 Å². The van der Waals surface area contributed by atoms with Crippen molar-refractivity contribution in [2.75, 3.05) is 25.7 Å². The molecule has 0 aliphatic heterocycles. The zero-order valence-electron chi connectivity index (χ0n) is 20.4.